The molecule has 0 radical (unpaired) electrons. The van der Waals surface area contributed by atoms with Crippen LogP contribution in [-0.4, -0.2) is 22.9 Å². The van der Waals surface area contributed by atoms with Crippen molar-refractivity contribution in [2.45, 2.75) is 84.7 Å². The number of hydrogen-bond donors (Lipinski definition) is 0. The Morgan fingerprint density at radius 3 is 2.46 bits per heavy atom. The molecule has 0 amide bonds. The molecule has 0 bridgehead atoms. The van der Waals surface area contributed by atoms with Crippen molar-refractivity contribution in [1.29, 1.82) is 0 Å². The summed E-state index contributed by atoms with van der Waals surface area (Å²) in [6, 6.07) is 0. The average Bonchev–Trinajstić information content (AvgIpc) is 2.99. The molecule has 0 spiro atoms. The minimum absolute atomic E-state index is 0.355. The molecule has 3 atom stereocenters. The van der Waals surface area contributed by atoms with Gasteiger partial charge in [-0.1, -0.05) is 20.8 Å². The minimum Gasteiger partial charge on any atom is -0.425 e. The van der Waals surface area contributed by atoms with Gasteiger partial charge in [0.2, 0.25) is 11.8 Å². The highest BCUT2D eigenvalue weighted by atomic mass is 16.5. The number of nitrogens with zero attached hydrogens (tertiary/aromatic N) is 2. The molecule has 0 aromatic carbocycles. The summed E-state index contributed by atoms with van der Waals surface area (Å²) in [4.78, 5) is 0. The van der Waals surface area contributed by atoms with Gasteiger partial charge in [-0.15, -0.1) is 10.2 Å². The first kappa shape index (κ1) is 17.9. The van der Waals surface area contributed by atoms with Crippen molar-refractivity contribution in [3.05, 3.63) is 11.8 Å². The third-order valence-corrected chi connectivity index (χ3v) is 6.19. The number of ether oxygens (including phenoxy) is 1. The zero-order chi connectivity index (χ0) is 17.1. The summed E-state index contributed by atoms with van der Waals surface area (Å²) < 4.78 is 12.0. The SMILES string of the molecule is Cc1nnc(C2CC(C)CC(OCC3CCC(C(C)C)CC3)C2)o1. The summed E-state index contributed by atoms with van der Waals surface area (Å²) >= 11 is 0. The van der Waals surface area contributed by atoms with Crippen molar-refractivity contribution < 1.29 is 9.15 Å². The van der Waals surface area contributed by atoms with Crippen LogP contribution in [0.2, 0.25) is 0 Å². The van der Waals surface area contributed by atoms with Gasteiger partial charge in [-0.25, -0.2) is 0 Å². The Labute approximate surface area is 146 Å². The molecule has 2 aliphatic rings. The minimum atomic E-state index is 0.355. The van der Waals surface area contributed by atoms with E-state index in [1.165, 1.54) is 32.1 Å². The smallest absolute Gasteiger partial charge is 0.219 e. The normalized spacial score (nSPS) is 34.6. The molecule has 3 rings (SSSR count). The fourth-order valence-corrected chi connectivity index (χ4v) is 4.65. The van der Waals surface area contributed by atoms with Crippen LogP contribution >= 0.6 is 0 Å². The topological polar surface area (TPSA) is 48.2 Å². The summed E-state index contributed by atoms with van der Waals surface area (Å²) in [5, 5.41) is 8.24. The van der Waals surface area contributed by atoms with Crippen LogP contribution in [0.15, 0.2) is 4.42 Å². The second-order valence-corrected chi connectivity index (χ2v) is 8.65. The van der Waals surface area contributed by atoms with E-state index in [-0.39, 0.29) is 0 Å². The van der Waals surface area contributed by atoms with Gasteiger partial charge in [-0.05, 0) is 68.6 Å². The lowest BCUT2D eigenvalue weighted by molar-refractivity contribution is -0.0199. The molecule has 4 heteroatoms. The van der Waals surface area contributed by atoms with Crippen LogP contribution in [0, 0.1) is 30.6 Å². The van der Waals surface area contributed by atoms with Gasteiger partial charge in [0.25, 0.3) is 0 Å². The van der Waals surface area contributed by atoms with Crippen LogP contribution in [0.5, 0.6) is 0 Å². The first-order valence-electron chi connectivity index (χ1n) is 9.92. The van der Waals surface area contributed by atoms with Crippen molar-refractivity contribution in [2.24, 2.45) is 23.7 Å². The monoisotopic (exact) mass is 334 g/mol. The van der Waals surface area contributed by atoms with E-state index in [1.54, 1.807) is 0 Å². The third-order valence-electron chi connectivity index (χ3n) is 6.19. The number of aryl methyl sites for hydroxylation is 1. The van der Waals surface area contributed by atoms with E-state index < -0.39 is 0 Å². The second-order valence-electron chi connectivity index (χ2n) is 8.65. The summed E-state index contributed by atoms with van der Waals surface area (Å²) in [7, 11) is 0. The van der Waals surface area contributed by atoms with Crippen molar-refractivity contribution in [1.82, 2.24) is 10.2 Å². The Kier molecular flexibility index (Phi) is 5.96. The zero-order valence-electron chi connectivity index (χ0n) is 15.8. The van der Waals surface area contributed by atoms with Crippen LogP contribution in [0.1, 0.15) is 83.4 Å². The lowest BCUT2D eigenvalue weighted by atomic mass is 9.77. The second kappa shape index (κ2) is 7.99. The summed E-state index contributed by atoms with van der Waals surface area (Å²) in [5.41, 5.74) is 0. The number of rotatable bonds is 5. The van der Waals surface area contributed by atoms with Gasteiger partial charge in [0, 0.05) is 19.4 Å². The maximum atomic E-state index is 6.36. The molecule has 0 N–H and O–H groups in total. The molecular formula is C20H34N2O2. The van der Waals surface area contributed by atoms with Gasteiger partial charge in [-0.3, -0.25) is 0 Å². The van der Waals surface area contributed by atoms with Gasteiger partial charge >= 0.3 is 0 Å². The predicted molar refractivity (Wildman–Crippen MR) is 94.8 cm³/mol. The summed E-state index contributed by atoms with van der Waals surface area (Å²) in [5.74, 6) is 5.05. The fraction of sp³-hybridized carbons (Fsp3) is 0.900. The van der Waals surface area contributed by atoms with Crippen LogP contribution in [0.3, 0.4) is 0 Å². The molecule has 2 saturated carbocycles. The first-order chi connectivity index (χ1) is 11.5. The van der Waals surface area contributed by atoms with E-state index in [0.29, 0.717) is 23.8 Å². The maximum absolute atomic E-state index is 6.36. The van der Waals surface area contributed by atoms with Crippen LogP contribution in [0.25, 0.3) is 0 Å². The van der Waals surface area contributed by atoms with Gasteiger partial charge in [0.1, 0.15) is 0 Å². The Bertz CT molecular complexity index is 505. The van der Waals surface area contributed by atoms with Crippen molar-refractivity contribution in [3.63, 3.8) is 0 Å². The Hall–Kier alpha value is -0.900. The molecule has 1 heterocycles. The molecule has 0 saturated heterocycles. The van der Waals surface area contributed by atoms with E-state index in [9.17, 15) is 0 Å². The summed E-state index contributed by atoms with van der Waals surface area (Å²) in [6.07, 6.45) is 9.16. The zero-order valence-corrected chi connectivity index (χ0v) is 15.8. The molecule has 2 fully saturated rings. The van der Waals surface area contributed by atoms with Crippen molar-refractivity contribution in [3.8, 4) is 0 Å². The van der Waals surface area contributed by atoms with E-state index in [4.69, 9.17) is 9.15 Å². The molecule has 4 nitrogen and oxygen atoms in total. The van der Waals surface area contributed by atoms with Gasteiger partial charge in [0.05, 0.1) is 6.10 Å². The molecular weight excluding hydrogens is 300 g/mol. The van der Waals surface area contributed by atoms with Crippen molar-refractivity contribution in [2.75, 3.05) is 6.61 Å². The molecule has 0 aliphatic heterocycles. The Balaban J connectivity index is 1.47. The molecule has 1 aromatic heterocycles. The standard InChI is InChI=1S/C20H34N2O2/c1-13(2)17-7-5-16(6-8-17)12-23-19-10-14(3)9-18(11-19)20-22-21-15(4)24-20/h13-14,16-19H,5-12H2,1-4H3. The van der Waals surface area contributed by atoms with Crippen LogP contribution in [-0.2, 0) is 4.74 Å². The van der Waals surface area contributed by atoms with Crippen LogP contribution < -0.4 is 0 Å². The first-order valence-corrected chi connectivity index (χ1v) is 9.92. The Morgan fingerprint density at radius 2 is 1.83 bits per heavy atom. The molecule has 1 aromatic rings. The van der Waals surface area contributed by atoms with E-state index >= 15 is 0 Å². The predicted octanol–water partition coefficient (Wildman–Crippen LogP) is 5.13. The molecule has 24 heavy (non-hydrogen) atoms. The highest BCUT2D eigenvalue weighted by molar-refractivity contribution is 4.96. The fourth-order valence-electron chi connectivity index (χ4n) is 4.65. The van der Waals surface area contributed by atoms with Gasteiger partial charge < -0.3 is 9.15 Å². The van der Waals surface area contributed by atoms with Gasteiger partial charge in [0.15, 0.2) is 0 Å². The molecule has 3 unspecified atom stereocenters. The average molecular weight is 335 g/mol. The largest absolute Gasteiger partial charge is 0.425 e. The van der Waals surface area contributed by atoms with E-state index in [0.717, 1.165) is 43.1 Å². The lowest BCUT2D eigenvalue weighted by Gasteiger charge is -2.34. The highest BCUT2D eigenvalue weighted by Gasteiger charge is 2.32. The third kappa shape index (κ3) is 4.59. The maximum Gasteiger partial charge on any atom is 0.219 e. The lowest BCUT2D eigenvalue weighted by Crippen LogP contribution is -2.29. The summed E-state index contributed by atoms with van der Waals surface area (Å²) in [6.45, 7) is 9.86. The quantitative estimate of drug-likeness (QED) is 0.749. The highest BCUT2D eigenvalue weighted by Crippen LogP contribution is 2.38. The molecule has 136 valence electrons. The number of hydrogen-bond acceptors (Lipinski definition) is 4. The van der Waals surface area contributed by atoms with Crippen LogP contribution in [0.4, 0.5) is 0 Å². The van der Waals surface area contributed by atoms with Crippen molar-refractivity contribution >= 4 is 0 Å². The van der Waals surface area contributed by atoms with Gasteiger partial charge in [-0.2, -0.15) is 0 Å². The molecule has 2 aliphatic carbocycles. The number of aromatic nitrogens is 2. The Morgan fingerprint density at radius 1 is 1.08 bits per heavy atom. The van der Waals surface area contributed by atoms with E-state index in [2.05, 4.69) is 31.0 Å². The van der Waals surface area contributed by atoms with E-state index in [1.807, 2.05) is 6.92 Å².